The van der Waals surface area contributed by atoms with E-state index in [-0.39, 0.29) is 11.7 Å². The van der Waals surface area contributed by atoms with Crippen molar-refractivity contribution in [2.24, 2.45) is 0 Å². The summed E-state index contributed by atoms with van der Waals surface area (Å²) in [7, 11) is 1.26. The van der Waals surface area contributed by atoms with Crippen molar-refractivity contribution in [3.8, 4) is 0 Å². The second-order valence-corrected chi connectivity index (χ2v) is 5.20. The molecule has 2 aromatic rings. The van der Waals surface area contributed by atoms with Gasteiger partial charge in [0.1, 0.15) is 5.82 Å². The second kappa shape index (κ2) is 6.19. The maximum Gasteiger partial charge on any atom is 0.268 e. The maximum absolute atomic E-state index is 12.9. The minimum absolute atomic E-state index is 0.124. The molecular weight excluding hydrogens is 364 g/mol. The van der Waals surface area contributed by atoms with Gasteiger partial charge in [-0.15, -0.1) is 0 Å². The number of rotatable bonds is 3. The van der Waals surface area contributed by atoms with E-state index in [2.05, 4.69) is 0 Å². The molecule has 18 heavy (non-hydrogen) atoms. The lowest BCUT2D eigenvalue weighted by Crippen LogP contribution is -2.22. The van der Waals surface area contributed by atoms with Crippen LogP contribution in [-0.2, 0) is 0 Å². The molecule has 0 N–H and O–H groups in total. The van der Waals surface area contributed by atoms with Crippen molar-refractivity contribution >= 4 is 41.9 Å². The Kier molecular flexibility index (Phi) is 4.60. The first kappa shape index (κ1) is 13.4. The number of amides is 1. The fourth-order valence-electron chi connectivity index (χ4n) is 1.46. The Morgan fingerprint density at radius 3 is 2.22 bits per heavy atom. The monoisotopic (exact) mass is 373 g/mol. The van der Waals surface area contributed by atoms with Gasteiger partial charge in [-0.3, -0.25) is 4.79 Å². The molecule has 0 saturated carbocycles. The first-order valence-corrected chi connectivity index (χ1v) is 8.48. The molecule has 0 saturated heterocycles. The number of carbonyl (C=O) groups excluding carboxylic acids is 1. The van der Waals surface area contributed by atoms with Gasteiger partial charge in [0, 0.05) is 35.9 Å². The lowest BCUT2D eigenvalue weighted by atomic mass is 10.2. The van der Waals surface area contributed by atoms with Gasteiger partial charge in [0.05, 0.1) is 5.69 Å². The topological polar surface area (TPSA) is 20.3 Å². The van der Waals surface area contributed by atoms with E-state index in [1.807, 2.05) is 39.4 Å². The minimum Gasteiger partial charge on any atom is -0.268 e. The van der Waals surface area contributed by atoms with Gasteiger partial charge in [-0.1, -0.05) is 18.2 Å². The lowest BCUT2D eigenvalue weighted by molar-refractivity contribution is 0.101. The fourth-order valence-corrected chi connectivity index (χ4v) is 3.05. The van der Waals surface area contributed by atoms with Crippen LogP contribution in [0.5, 0.6) is 0 Å². The van der Waals surface area contributed by atoms with Gasteiger partial charge in [-0.25, -0.2) is 8.70 Å². The molecule has 0 heterocycles. The van der Waals surface area contributed by atoms with E-state index in [1.54, 1.807) is 24.3 Å². The molecule has 0 bridgehead atoms. The molecule has 0 aliphatic rings. The molecule has 5 heteroatoms. The van der Waals surface area contributed by atoms with E-state index < -0.39 is 0 Å². The van der Waals surface area contributed by atoms with E-state index in [1.165, 1.54) is 25.6 Å². The van der Waals surface area contributed by atoms with E-state index in [0.717, 1.165) is 0 Å². The van der Waals surface area contributed by atoms with Gasteiger partial charge in [-0.2, -0.15) is 0 Å². The Labute approximate surface area is 121 Å². The zero-order chi connectivity index (χ0) is 13.0. The third-order valence-corrected chi connectivity index (χ3v) is 4.03. The van der Waals surface area contributed by atoms with Crippen LogP contribution in [-0.4, -0.2) is 5.91 Å². The largest absolute Gasteiger partial charge is 0.268 e. The Hall–Kier alpha value is -1.08. The van der Waals surface area contributed by atoms with Crippen LogP contribution in [0.25, 0.3) is 0 Å². The molecular formula is C13H9FINOS. The van der Waals surface area contributed by atoms with Crippen LogP contribution < -0.4 is 4.31 Å². The number of carbonyl (C=O) groups is 1. The number of hydrogen-bond acceptors (Lipinski definition) is 2. The van der Waals surface area contributed by atoms with Crippen LogP contribution in [0.4, 0.5) is 10.1 Å². The average Bonchev–Trinajstić information content (AvgIpc) is 2.42. The molecule has 1 amide bonds. The van der Waals surface area contributed by atoms with Gasteiger partial charge < -0.3 is 0 Å². The normalized spacial score (nSPS) is 10.1. The molecule has 2 rings (SSSR count). The SMILES string of the molecule is O=C(c1ccccc1)N(SI)c1ccc(F)cc1. The summed E-state index contributed by atoms with van der Waals surface area (Å²) in [5.74, 6) is -0.439. The highest BCUT2D eigenvalue weighted by Gasteiger charge is 2.17. The van der Waals surface area contributed by atoms with Gasteiger partial charge >= 0.3 is 0 Å². The quantitative estimate of drug-likeness (QED) is 0.585. The summed E-state index contributed by atoms with van der Waals surface area (Å²) < 4.78 is 14.4. The molecule has 92 valence electrons. The van der Waals surface area contributed by atoms with Gasteiger partial charge in [0.2, 0.25) is 0 Å². The maximum atomic E-state index is 12.9. The standard InChI is InChI=1S/C13H9FINOS/c14-11-6-8-12(9-7-11)16(18-15)13(17)10-4-2-1-3-5-10/h1-9H. The van der Waals surface area contributed by atoms with Crippen molar-refractivity contribution in [1.82, 2.24) is 0 Å². The number of benzene rings is 2. The van der Waals surface area contributed by atoms with Crippen LogP contribution >= 0.6 is 30.3 Å². The van der Waals surface area contributed by atoms with Crippen LogP contribution in [0.1, 0.15) is 10.4 Å². The molecule has 2 nitrogen and oxygen atoms in total. The highest BCUT2D eigenvalue weighted by Crippen LogP contribution is 2.29. The van der Waals surface area contributed by atoms with Gasteiger partial charge in [0.25, 0.3) is 5.91 Å². The van der Waals surface area contributed by atoms with Crippen LogP contribution in [0.15, 0.2) is 54.6 Å². The van der Waals surface area contributed by atoms with Crippen LogP contribution in [0.3, 0.4) is 0 Å². The molecule has 0 unspecified atom stereocenters. The molecule has 2 aromatic carbocycles. The lowest BCUT2D eigenvalue weighted by Gasteiger charge is -2.18. The van der Waals surface area contributed by atoms with E-state index in [9.17, 15) is 9.18 Å². The predicted octanol–water partition coefficient (Wildman–Crippen LogP) is 4.47. The van der Waals surface area contributed by atoms with E-state index >= 15 is 0 Å². The van der Waals surface area contributed by atoms with Crippen LogP contribution in [0, 0.1) is 5.82 Å². The molecule has 0 aromatic heterocycles. The third kappa shape index (κ3) is 3.02. The Balaban J connectivity index is 2.29. The first-order valence-electron chi connectivity index (χ1n) is 5.16. The summed E-state index contributed by atoms with van der Waals surface area (Å²) >= 11 is 2.03. The second-order valence-electron chi connectivity index (χ2n) is 3.51. The summed E-state index contributed by atoms with van der Waals surface area (Å²) in [5, 5.41) is 0. The zero-order valence-corrected chi connectivity index (χ0v) is 12.2. The molecule has 0 atom stereocenters. The molecule has 0 fully saturated rings. The highest BCUT2D eigenvalue weighted by molar-refractivity contribution is 14.2. The van der Waals surface area contributed by atoms with Crippen molar-refractivity contribution < 1.29 is 9.18 Å². The number of anilines is 1. The predicted molar refractivity (Wildman–Crippen MR) is 81.3 cm³/mol. The summed E-state index contributed by atoms with van der Waals surface area (Å²) in [6.07, 6.45) is 0. The Morgan fingerprint density at radius 2 is 1.67 bits per heavy atom. The van der Waals surface area contributed by atoms with Crippen molar-refractivity contribution in [2.75, 3.05) is 4.31 Å². The van der Waals surface area contributed by atoms with Crippen molar-refractivity contribution in [1.29, 1.82) is 0 Å². The van der Waals surface area contributed by atoms with Crippen LogP contribution in [0.2, 0.25) is 0 Å². The molecule has 0 spiro atoms. The van der Waals surface area contributed by atoms with E-state index in [0.29, 0.717) is 11.3 Å². The molecule has 0 aliphatic carbocycles. The van der Waals surface area contributed by atoms with Gasteiger partial charge in [0.15, 0.2) is 0 Å². The Morgan fingerprint density at radius 1 is 1.06 bits per heavy atom. The summed E-state index contributed by atoms with van der Waals surface area (Å²) in [4.78, 5) is 12.3. The zero-order valence-electron chi connectivity index (χ0n) is 9.22. The number of nitrogens with zero attached hydrogens (tertiary/aromatic N) is 1. The first-order chi connectivity index (χ1) is 8.72. The van der Waals surface area contributed by atoms with Crippen molar-refractivity contribution in [3.63, 3.8) is 0 Å². The van der Waals surface area contributed by atoms with E-state index in [4.69, 9.17) is 0 Å². The Bertz CT molecular complexity index is 532. The smallest absolute Gasteiger partial charge is 0.268 e. The fraction of sp³-hybridized carbons (Fsp3) is 0. The average molecular weight is 373 g/mol. The van der Waals surface area contributed by atoms with Crippen molar-refractivity contribution in [2.45, 2.75) is 0 Å². The minimum atomic E-state index is -0.315. The molecule has 0 radical (unpaired) electrons. The van der Waals surface area contributed by atoms with Gasteiger partial charge in [-0.05, 0) is 36.4 Å². The summed E-state index contributed by atoms with van der Waals surface area (Å²) in [6, 6.07) is 14.8. The highest BCUT2D eigenvalue weighted by atomic mass is 127. The summed E-state index contributed by atoms with van der Waals surface area (Å²) in [5.41, 5.74) is 1.26. The third-order valence-electron chi connectivity index (χ3n) is 2.34. The number of hydrogen-bond donors (Lipinski definition) is 0. The summed E-state index contributed by atoms with van der Waals surface area (Å²) in [6.45, 7) is 0. The number of halogens is 2. The molecule has 0 aliphatic heterocycles. The van der Waals surface area contributed by atoms with Crippen molar-refractivity contribution in [3.05, 3.63) is 66.0 Å².